The molecule has 0 aliphatic carbocycles. The quantitative estimate of drug-likeness (QED) is 0.938. The summed E-state index contributed by atoms with van der Waals surface area (Å²) >= 11 is 1.56. The van der Waals surface area contributed by atoms with Gasteiger partial charge in [0.2, 0.25) is 5.91 Å². The molecule has 1 aromatic carbocycles. The first-order valence-corrected chi connectivity index (χ1v) is 8.78. The van der Waals surface area contributed by atoms with Crippen molar-refractivity contribution in [2.24, 2.45) is 11.7 Å². The second-order valence-corrected chi connectivity index (χ2v) is 6.79. The summed E-state index contributed by atoms with van der Waals surface area (Å²) in [5.74, 6) is 0.341. The smallest absolute Gasteiger partial charge is 0.254 e. The van der Waals surface area contributed by atoms with Crippen molar-refractivity contribution in [3.63, 3.8) is 0 Å². The monoisotopic (exact) mass is 328 g/mol. The van der Waals surface area contributed by atoms with Gasteiger partial charge in [-0.3, -0.25) is 9.59 Å². The molecule has 1 saturated heterocycles. The van der Waals surface area contributed by atoms with Gasteiger partial charge in [0.1, 0.15) is 0 Å². The van der Waals surface area contributed by atoms with E-state index >= 15 is 0 Å². The van der Waals surface area contributed by atoms with Crippen molar-refractivity contribution >= 4 is 23.2 Å². The number of rotatable bonds is 4. The van der Waals surface area contributed by atoms with Crippen molar-refractivity contribution in [1.82, 2.24) is 4.90 Å². The predicted molar refractivity (Wildman–Crippen MR) is 91.6 cm³/mol. The van der Waals surface area contributed by atoms with E-state index in [1.165, 1.54) is 5.56 Å². The van der Waals surface area contributed by atoms with Crippen LogP contribution in [0.1, 0.15) is 39.1 Å². The molecule has 0 bridgehead atoms. The van der Waals surface area contributed by atoms with Gasteiger partial charge < -0.3 is 10.6 Å². The van der Waals surface area contributed by atoms with Crippen LogP contribution in [0.3, 0.4) is 0 Å². The lowest BCUT2D eigenvalue weighted by Crippen LogP contribution is -2.38. The summed E-state index contributed by atoms with van der Waals surface area (Å²) in [6.45, 7) is 1.64. The van der Waals surface area contributed by atoms with E-state index in [1.54, 1.807) is 23.5 Å². The summed E-state index contributed by atoms with van der Waals surface area (Å²) in [7, 11) is 0. The van der Waals surface area contributed by atoms with Gasteiger partial charge >= 0.3 is 0 Å². The van der Waals surface area contributed by atoms with Crippen LogP contribution in [-0.2, 0) is 6.42 Å². The fourth-order valence-corrected chi connectivity index (χ4v) is 3.68. The zero-order valence-corrected chi connectivity index (χ0v) is 13.7. The molecule has 5 heteroatoms. The fraction of sp³-hybridized carbons (Fsp3) is 0.333. The molecule has 0 atom stereocenters. The number of carbonyl (C=O) groups excluding carboxylic acids is 2. The van der Waals surface area contributed by atoms with E-state index in [0.717, 1.165) is 37.9 Å². The lowest BCUT2D eigenvalue weighted by atomic mass is 9.89. The summed E-state index contributed by atoms with van der Waals surface area (Å²) < 4.78 is 0. The number of primary amides is 1. The highest BCUT2D eigenvalue weighted by Crippen LogP contribution is 2.23. The highest BCUT2D eigenvalue weighted by molar-refractivity contribution is 7.08. The summed E-state index contributed by atoms with van der Waals surface area (Å²) in [4.78, 5) is 25.4. The normalized spacial score (nSPS) is 15.6. The van der Waals surface area contributed by atoms with E-state index < -0.39 is 5.91 Å². The van der Waals surface area contributed by atoms with Gasteiger partial charge in [0, 0.05) is 24.0 Å². The van der Waals surface area contributed by atoms with E-state index in [0.29, 0.717) is 11.5 Å². The average molecular weight is 328 g/mol. The maximum atomic E-state index is 12.3. The van der Waals surface area contributed by atoms with Crippen LogP contribution in [-0.4, -0.2) is 29.8 Å². The summed E-state index contributed by atoms with van der Waals surface area (Å²) in [6, 6.07) is 9.41. The van der Waals surface area contributed by atoms with Gasteiger partial charge in [-0.25, -0.2) is 0 Å². The molecule has 0 unspecified atom stereocenters. The summed E-state index contributed by atoms with van der Waals surface area (Å²) in [5, 5.41) is 3.85. The van der Waals surface area contributed by atoms with Gasteiger partial charge in [0.05, 0.1) is 5.56 Å². The number of nitrogens with two attached hydrogens (primary N) is 1. The minimum atomic E-state index is -0.392. The molecule has 1 aromatic heterocycles. The molecule has 23 heavy (non-hydrogen) atoms. The van der Waals surface area contributed by atoms with Crippen molar-refractivity contribution in [2.75, 3.05) is 13.1 Å². The highest BCUT2D eigenvalue weighted by atomic mass is 32.1. The van der Waals surface area contributed by atoms with Crippen LogP contribution in [0.15, 0.2) is 41.1 Å². The van der Waals surface area contributed by atoms with Crippen LogP contribution in [0.25, 0.3) is 0 Å². The van der Waals surface area contributed by atoms with Crippen LogP contribution in [0.5, 0.6) is 0 Å². The van der Waals surface area contributed by atoms with Gasteiger partial charge in [0.15, 0.2) is 0 Å². The van der Waals surface area contributed by atoms with Gasteiger partial charge in [0.25, 0.3) is 5.91 Å². The largest absolute Gasteiger partial charge is 0.366 e. The maximum Gasteiger partial charge on any atom is 0.254 e. The number of amides is 2. The summed E-state index contributed by atoms with van der Waals surface area (Å²) in [6.07, 6.45) is 3.03. The zero-order chi connectivity index (χ0) is 16.2. The van der Waals surface area contributed by atoms with Crippen LogP contribution >= 0.6 is 11.3 Å². The Balaban J connectivity index is 1.53. The molecule has 0 radical (unpaired) electrons. The average Bonchev–Trinajstić information content (AvgIpc) is 3.10. The molecule has 4 nitrogen and oxygen atoms in total. The van der Waals surface area contributed by atoms with E-state index in [4.69, 9.17) is 5.73 Å². The van der Waals surface area contributed by atoms with Crippen molar-refractivity contribution in [2.45, 2.75) is 19.3 Å². The second kappa shape index (κ2) is 6.96. The number of carbonyl (C=O) groups is 2. The van der Waals surface area contributed by atoms with Gasteiger partial charge in [-0.2, -0.15) is 11.3 Å². The Labute approximate surface area is 139 Å². The molecule has 1 aliphatic heterocycles. The molecule has 1 aliphatic rings. The Kier molecular flexibility index (Phi) is 4.76. The number of hydrogen-bond acceptors (Lipinski definition) is 3. The molecular weight excluding hydrogens is 308 g/mol. The third-order valence-corrected chi connectivity index (χ3v) is 5.12. The van der Waals surface area contributed by atoms with Gasteiger partial charge in [-0.15, -0.1) is 0 Å². The minimum Gasteiger partial charge on any atom is -0.366 e. The first kappa shape index (κ1) is 15.7. The van der Waals surface area contributed by atoms with Crippen molar-refractivity contribution < 1.29 is 9.59 Å². The van der Waals surface area contributed by atoms with Gasteiger partial charge in [-0.05, 0) is 54.3 Å². The van der Waals surface area contributed by atoms with E-state index in [9.17, 15) is 9.59 Å². The lowest BCUT2D eigenvalue weighted by Gasteiger charge is -2.32. The first-order chi connectivity index (χ1) is 11.1. The zero-order valence-electron chi connectivity index (χ0n) is 12.9. The third kappa shape index (κ3) is 3.79. The number of likely N-dealkylation sites (tertiary alicyclic amines) is 1. The Hall–Kier alpha value is -2.14. The molecule has 2 N–H and O–H groups in total. The number of nitrogens with zero attached hydrogens (tertiary/aromatic N) is 1. The molecule has 3 rings (SSSR count). The Morgan fingerprint density at radius 1 is 1.09 bits per heavy atom. The molecule has 0 spiro atoms. The number of thiophene rings is 1. The van der Waals surface area contributed by atoms with Crippen LogP contribution < -0.4 is 5.73 Å². The number of hydrogen-bond donors (Lipinski definition) is 1. The minimum absolute atomic E-state index is 0.149. The van der Waals surface area contributed by atoms with Crippen molar-refractivity contribution in [3.8, 4) is 0 Å². The standard InChI is InChI=1S/C18H20N2O2S/c19-17(21)15-3-1-13(2-4-15)11-14-5-8-20(9-6-14)18(22)16-7-10-23-12-16/h1-4,7,10,12,14H,5-6,8-9,11H2,(H2,19,21). The van der Waals surface area contributed by atoms with E-state index in [1.807, 2.05) is 33.9 Å². The van der Waals surface area contributed by atoms with Crippen LogP contribution in [0.4, 0.5) is 0 Å². The highest BCUT2D eigenvalue weighted by Gasteiger charge is 2.23. The Bertz CT molecular complexity index is 672. The van der Waals surface area contributed by atoms with E-state index in [-0.39, 0.29) is 5.91 Å². The third-order valence-electron chi connectivity index (χ3n) is 4.43. The Morgan fingerprint density at radius 2 is 1.78 bits per heavy atom. The first-order valence-electron chi connectivity index (χ1n) is 7.83. The lowest BCUT2D eigenvalue weighted by molar-refractivity contribution is 0.0691. The molecular formula is C18H20N2O2S. The molecule has 2 aromatic rings. The van der Waals surface area contributed by atoms with E-state index in [2.05, 4.69) is 0 Å². The second-order valence-electron chi connectivity index (χ2n) is 6.01. The Morgan fingerprint density at radius 3 is 2.35 bits per heavy atom. The fourth-order valence-electron chi connectivity index (χ4n) is 3.05. The summed E-state index contributed by atoms with van der Waals surface area (Å²) in [5.41, 5.74) is 7.82. The maximum absolute atomic E-state index is 12.3. The molecule has 1 fully saturated rings. The molecule has 120 valence electrons. The predicted octanol–water partition coefficient (Wildman–Crippen LogP) is 2.94. The number of benzene rings is 1. The SMILES string of the molecule is NC(=O)c1ccc(CC2CCN(C(=O)c3ccsc3)CC2)cc1. The molecule has 2 heterocycles. The van der Waals surface area contributed by atoms with Crippen molar-refractivity contribution in [3.05, 3.63) is 57.8 Å². The molecule has 2 amide bonds. The number of piperidine rings is 1. The van der Waals surface area contributed by atoms with Gasteiger partial charge in [-0.1, -0.05) is 12.1 Å². The topological polar surface area (TPSA) is 63.4 Å². The van der Waals surface area contributed by atoms with Crippen LogP contribution in [0.2, 0.25) is 0 Å². The van der Waals surface area contributed by atoms with Crippen molar-refractivity contribution in [1.29, 1.82) is 0 Å². The molecule has 0 saturated carbocycles. The van der Waals surface area contributed by atoms with Crippen LogP contribution in [0, 0.1) is 5.92 Å².